The Kier molecular flexibility index (Phi) is 4.91. The second kappa shape index (κ2) is 7.53. The Hall–Kier alpha value is -3.44. The average Bonchev–Trinajstić information content (AvgIpc) is 3.27. The van der Waals surface area contributed by atoms with Gasteiger partial charge in [0, 0.05) is 16.7 Å². The zero-order chi connectivity index (χ0) is 20.5. The molecule has 0 radical (unpaired) electrons. The molecule has 2 heterocycles. The molecule has 0 spiro atoms. The van der Waals surface area contributed by atoms with Crippen molar-refractivity contribution in [3.05, 3.63) is 70.0 Å². The molecule has 8 heteroatoms. The Morgan fingerprint density at radius 1 is 1.21 bits per heavy atom. The molecule has 4 rings (SSSR count). The van der Waals surface area contributed by atoms with Crippen LogP contribution in [0, 0.1) is 18.3 Å². The van der Waals surface area contributed by atoms with Crippen molar-refractivity contribution in [1.82, 2.24) is 19.3 Å². The summed E-state index contributed by atoms with van der Waals surface area (Å²) < 4.78 is 4.47. The van der Waals surface area contributed by atoms with Gasteiger partial charge in [-0.25, -0.2) is 4.98 Å². The third kappa shape index (κ3) is 3.52. The van der Waals surface area contributed by atoms with Gasteiger partial charge in [-0.15, -0.1) is 0 Å². The standard InChI is InChI=1S/C21H17BrN6O/c1-3-27-19(10-13(2)26-27)20(29)25-21-24-17-11-14(12-23)4-9-18(17)28(21)16-7-5-15(22)6-8-16/h4-11H,3H2,1-2H3,(H,24,25,29). The first-order valence-corrected chi connectivity index (χ1v) is 9.84. The number of hydrogen-bond acceptors (Lipinski definition) is 4. The summed E-state index contributed by atoms with van der Waals surface area (Å²) in [5, 5.41) is 16.5. The Bertz CT molecular complexity index is 1260. The first kappa shape index (κ1) is 18.9. The van der Waals surface area contributed by atoms with Gasteiger partial charge < -0.3 is 0 Å². The Labute approximate surface area is 175 Å². The molecule has 1 amide bonds. The molecule has 0 fully saturated rings. The topological polar surface area (TPSA) is 88.5 Å². The molecule has 2 aromatic carbocycles. The van der Waals surface area contributed by atoms with Crippen molar-refractivity contribution in [2.45, 2.75) is 20.4 Å². The summed E-state index contributed by atoms with van der Waals surface area (Å²) in [5.74, 6) is 0.0885. The number of carbonyl (C=O) groups is 1. The van der Waals surface area contributed by atoms with E-state index in [1.54, 1.807) is 22.9 Å². The number of nitriles is 1. The molecule has 4 aromatic rings. The SMILES string of the molecule is CCn1nc(C)cc1C(=O)Nc1nc2cc(C#N)ccc2n1-c1ccc(Br)cc1. The van der Waals surface area contributed by atoms with E-state index in [0.29, 0.717) is 29.3 Å². The number of nitrogens with zero attached hydrogens (tertiary/aromatic N) is 5. The molecule has 1 N–H and O–H groups in total. The number of imidazole rings is 1. The van der Waals surface area contributed by atoms with Gasteiger partial charge in [0.2, 0.25) is 5.95 Å². The first-order valence-electron chi connectivity index (χ1n) is 9.04. The van der Waals surface area contributed by atoms with E-state index in [2.05, 4.69) is 37.4 Å². The summed E-state index contributed by atoms with van der Waals surface area (Å²) in [4.78, 5) is 17.5. The van der Waals surface area contributed by atoms with Crippen molar-refractivity contribution in [3.8, 4) is 11.8 Å². The van der Waals surface area contributed by atoms with Crippen molar-refractivity contribution in [2.24, 2.45) is 0 Å². The molecule has 7 nitrogen and oxygen atoms in total. The van der Waals surface area contributed by atoms with E-state index in [0.717, 1.165) is 21.4 Å². The quantitative estimate of drug-likeness (QED) is 0.499. The highest BCUT2D eigenvalue weighted by Crippen LogP contribution is 2.27. The molecular formula is C21H17BrN6O. The zero-order valence-corrected chi connectivity index (χ0v) is 17.4. The number of anilines is 1. The number of hydrogen-bond donors (Lipinski definition) is 1. The smallest absolute Gasteiger partial charge is 0.276 e. The normalized spacial score (nSPS) is 10.8. The van der Waals surface area contributed by atoms with Crippen LogP contribution in [0.2, 0.25) is 0 Å². The number of carbonyl (C=O) groups excluding carboxylic acids is 1. The lowest BCUT2D eigenvalue weighted by atomic mass is 10.2. The minimum absolute atomic E-state index is 0.290. The number of aryl methyl sites for hydroxylation is 2. The predicted molar refractivity (Wildman–Crippen MR) is 114 cm³/mol. The van der Waals surface area contributed by atoms with Crippen LogP contribution in [0.4, 0.5) is 5.95 Å². The highest BCUT2D eigenvalue weighted by atomic mass is 79.9. The summed E-state index contributed by atoms with van der Waals surface area (Å²) in [7, 11) is 0. The van der Waals surface area contributed by atoms with Gasteiger partial charge in [0.1, 0.15) is 5.69 Å². The molecule has 29 heavy (non-hydrogen) atoms. The molecule has 144 valence electrons. The van der Waals surface area contributed by atoms with Crippen molar-refractivity contribution in [3.63, 3.8) is 0 Å². The van der Waals surface area contributed by atoms with Gasteiger partial charge in [0.25, 0.3) is 5.91 Å². The zero-order valence-electron chi connectivity index (χ0n) is 15.8. The largest absolute Gasteiger partial charge is 0.290 e. The Morgan fingerprint density at radius 3 is 2.66 bits per heavy atom. The van der Waals surface area contributed by atoms with Gasteiger partial charge in [-0.3, -0.25) is 19.4 Å². The number of amides is 1. The predicted octanol–water partition coefficient (Wildman–Crippen LogP) is 4.44. The lowest BCUT2D eigenvalue weighted by Crippen LogP contribution is -2.19. The van der Waals surface area contributed by atoms with Crippen molar-refractivity contribution in [2.75, 3.05) is 5.32 Å². The third-order valence-corrected chi connectivity index (χ3v) is 5.06. The third-order valence-electron chi connectivity index (χ3n) is 4.53. The maximum Gasteiger partial charge on any atom is 0.276 e. The van der Waals surface area contributed by atoms with Crippen LogP contribution in [0.1, 0.15) is 28.7 Å². The maximum atomic E-state index is 13.0. The number of halogens is 1. The van der Waals surface area contributed by atoms with Crippen LogP contribution in [0.3, 0.4) is 0 Å². The van der Waals surface area contributed by atoms with Gasteiger partial charge >= 0.3 is 0 Å². The molecule has 0 aliphatic rings. The highest BCUT2D eigenvalue weighted by molar-refractivity contribution is 9.10. The summed E-state index contributed by atoms with van der Waals surface area (Å²) in [6.07, 6.45) is 0. The fourth-order valence-electron chi connectivity index (χ4n) is 3.22. The number of nitrogens with one attached hydrogen (secondary N) is 1. The van der Waals surface area contributed by atoms with E-state index >= 15 is 0 Å². The minimum atomic E-state index is -0.290. The number of benzene rings is 2. The van der Waals surface area contributed by atoms with E-state index in [1.807, 2.05) is 48.7 Å². The van der Waals surface area contributed by atoms with Crippen LogP contribution in [-0.2, 0) is 6.54 Å². The lowest BCUT2D eigenvalue weighted by molar-refractivity contribution is 0.101. The molecule has 2 aromatic heterocycles. The maximum absolute atomic E-state index is 13.0. The minimum Gasteiger partial charge on any atom is -0.290 e. The highest BCUT2D eigenvalue weighted by Gasteiger charge is 2.19. The average molecular weight is 449 g/mol. The molecule has 0 saturated heterocycles. The van der Waals surface area contributed by atoms with E-state index in [4.69, 9.17) is 0 Å². The summed E-state index contributed by atoms with van der Waals surface area (Å²) in [6, 6.07) is 16.9. The van der Waals surface area contributed by atoms with Gasteiger partial charge in [0.05, 0.1) is 28.4 Å². The first-order chi connectivity index (χ1) is 14.0. The fourth-order valence-corrected chi connectivity index (χ4v) is 3.48. The molecule has 0 aliphatic heterocycles. The van der Waals surface area contributed by atoms with Gasteiger partial charge in [0.15, 0.2) is 0 Å². The van der Waals surface area contributed by atoms with E-state index in [9.17, 15) is 10.1 Å². The van der Waals surface area contributed by atoms with Crippen LogP contribution in [0.25, 0.3) is 16.7 Å². The van der Waals surface area contributed by atoms with Crippen LogP contribution < -0.4 is 5.32 Å². The van der Waals surface area contributed by atoms with Crippen LogP contribution in [-0.4, -0.2) is 25.2 Å². The van der Waals surface area contributed by atoms with E-state index in [1.165, 1.54) is 0 Å². The second-order valence-corrected chi connectivity index (χ2v) is 7.42. The molecule has 0 bridgehead atoms. The number of rotatable bonds is 4. The van der Waals surface area contributed by atoms with Crippen molar-refractivity contribution >= 4 is 38.8 Å². The monoisotopic (exact) mass is 448 g/mol. The molecule has 0 saturated carbocycles. The summed E-state index contributed by atoms with van der Waals surface area (Å²) in [6.45, 7) is 4.37. The van der Waals surface area contributed by atoms with Crippen molar-refractivity contribution in [1.29, 1.82) is 5.26 Å². The molecule has 0 atom stereocenters. The van der Waals surface area contributed by atoms with E-state index in [-0.39, 0.29) is 5.91 Å². The molecule has 0 aliphatic carbocycles. The van der Waals surface area contributed by atoms with E-state index < -0.39 is 0 Å². The summed E-state index contributed by atoms with van der Waals surface area (Å²) in [5.41, 5.74) is 4.02. The second-order valence-electron chi connectivity index (χ2n) is 6.50. The Morgan fingerprint density at radius 2 is 1.97 bits per heavy atom. The number of aromatic nitrogens is 4. The van der Waals surface area contributed by atoms with Gasteiger partial charge in [-0.2, -0.15) is 10.4 Å². The summed E-state index contributed by atoms with van der Waals surface area (Å²) >= 11 is 3.44. The molecule has 0 unspecified atom stereocenters. The van der Waals surface area contributed by atoms with Crippen LogP contribution in [0.15, 0.2) is 53.0 Å². The van der Waals surface area contributed by atoms with Crippen LogP contribution >= 0.6 is 15.9 Å². The lowest BCUT2D eigenvalue weighted by Gasteiger charge is -2.11. The fraction of sp³-hybridized carbons (Fsp3) is 0.143. The van der Waals surface area contributed by atoms with Gasteiger partial charge in [-0.05, 0) is 62.4 Å². The van der Waals surface area contributed by atoms with Crippen LogP contribution in [0.5, 0.6) is 0 Å². The van der Waals surface area contributed by atoms with Gasteiger partial charge in [-0.1, -0.05) is 15.9 Å². The molecular weight excluding hydrogens is 432 g/mol. The Balaban J connectivity index is 1.84. The van der Waals surface area contributed by atoms with Crippen molar-refractivity contribution < 1.29 is 4.79 Å². The number of fused-ring (bicyclic) bond motifs is 1.